The van der Waals surface area contributed by atoms with E-state index in [0.717, 1.165) is 0 Å². The summed E-state index contributed by atoms with van der Waals surface area (Å²) >= 11 is 6.74. The van der Waals surface area contributed by atoms with Crippen molar-refractivity contribution in [3.8, 4) is 17.0 Å². The van der Waals surface area contributed by atoms with Crippen molar-refractivity contribution in [2.75, 3.05) is 25.0 Å². The van der Waals surface area contributed by atoms with Gasteiger partial charge in [-0.2, -0.15) is 0 Å². The van der Waals surface area contributed by atoms with Crippen molar-refractivity contribution in [2.45, 2.75) is 39.3 Å². The molecule has 2 aromatic rings. The Hall–Kier alpha value is -4.05. The lowest BCUT2D eigenvalue weighted by molar-refractivity contribution is -0.110. The molecule has 0 spiro atoms. The summed E-state index contributed by atoms with van der Waals surface area (Å²) in [6, 6.07) is 4.82. The van der Waals surface area contributed by atoms with E-state index >= 15 is 4.39 Å². The van der Waals surface area contributed by atoms with Gasteiger partial charge in [0.05, 0.1) is 27.9 Å². The lowest BCUT2D eigenvalue weighted by Gasteiger charge is -2.37. The standard InChI is InChI=1S/C30H36ClFN6O3/c1-6-7-13-37(20(4)15-35-17-39)29(33-5)21-14-23(31)28(27-24(32)9-8-10-26(27)41)36-30(21)38(18-40)25-11-12-34-16-22(25)19(2)3/h6,8-12,14,16-20,22,25,41H,1,7,13,15H2,2-5H3,(H,35,39)/b33-29+. The van der Waals surface area contributed by atoms with Crippen molar-refractivity contribution in [2.24, 2.45) is 21.8 Å². The normalized spacial score (nSPS) is 17.3. The molecule has 1 aliphatic rings. The van der Waals surface area contributed by atoms with Gasteiger partial charge in [0.25, 0.3) is 0 Å². The van der Waals surface area contributed by atoms with Crippen LogP contribution in [0.5, 0.6) is 5.75 Å². The fourth-order valence-electron chi connectivity index (χ4n) is 4.87. The predicted octanol–water partition coefficient (Wildman–Crippen LogP) is 4.84. The Morgan fingerprint density at radius 3 is 2.68 bits per heavy atom. The highest BCUT2D eigenvalue weighted by Gasteiger charge is 2.34. The van der Waals surface area contributed by atoms with Gasteiger partial charge in [-0.1, -0.05) is 37.6 Å². The van der Waals surface area contributed by atoms with Crippen LogP contribution in [0.15, 0.2) is 59.2 Å². The predicted molar refractivity (Wildman–Crippen MR) is 162 cm³/mol. The molecule has 218 valence electrons. The summed E-state index contributed by atoms with van der Waals surface area (Å²) in [7, 11) is 1.61. The van der Waals surface area contributed by atoms with E-state index in [1.165, 1.54) is 23.1 Å². The van der Waals surface area contributed by atoms with Gasteiger partial charge in [0, 0.05) is 44.5 Å². The molecule has 9 nitrogen and oxygen atoms in total. The Bertz CT molecular complexity index is 1330. The van der Waals surface area contributed by atoms with Gasteiger partial charge in [0.15, 0.2) is 0 Å². The third kappa shape index (κ3) is 7.00. The molecule has 2 N–H and O–H groups in total. The zero-order chi connectivity index (χ0) is 30.1. The second-order valence-corrected chi connectivity index (χ2v) is 10.4. The minimum atomic E-state index is -0.717. The molecule has 11 heteroatoms. The number of rotatable bonds is 13. The van der Waals surface area contributed by atoms with E-state index in [9.17, 15) is 14.7 Å². The van der Waals surface area contributed by atoms with E-state index in [-0.39, 0.29) is 45.7 Å². The van der Waals surface area contributed by atoms with Crippen LogP contribution in [-0.4, -0.2) is 72.1 Å². The molecular formula is C30H36ClFN6O3. The van der Waals surface area contributed by atoms with Crippen molar-refractivity contribution in [1.82, 2.24) is 15.2 Å². The van der Waals surface area contributed by atoms with E-state index in [1.807, 2.05) is 31.7 Å². The first kappa shape index (κ1) is 31.5. The zero-order valence-electron chi connectivity index (χ0n) is 23.7. The molecule has 41 heavy (non-hydrogen) atoms. The first-order valence-electron chi connectivity index (χ1n) is 13.3. The van der Waals surface area contributed by atoms with E-state index in [2.05, 4.69) is 21.9 Å². The van der Waals surface area contributed by atoms with Gasteiger partial charge in [0.2, 0.25) is 12.8 Å². The molecule has 1 aromatic carbocycles. The topological polar surface area (TPSA) is 110 Å². The molecule has 1 aliphatic heterocycles. The largest absolute Gasteiger partial charge is 0.507 e. The fourth-order valence-corrected chi connectivity index (χ4v) is 5.12. The molecule has 0 aliphatic carbocycles. The zero-order valence-corrected chi connectivity index (χ0v) is 24.4. The lowest BCUT2D eigenvalue weighted by Crippen LogP contribution is -2.47. The van der Waals surface area contributed by atoms with Crippen LogP contribution in [0.25, 0.3) is 11.3 Å². The number of aromatic hydroxyl groups is 1. The highest BCUT2D eigenvalue weighted by Crippen LogP contribution is 2.39. The Morgan fingerprint density at radius 1 is 1.32 bits per heavy atom. The van der Waals surface area contributed by atoms with Crippen molar-refractivity contribution < 1.29 is 19.1 Å². The van der Waals surface area contributed by atoms with Crippen molar-refractivity contribution >= 4 is 42.3 Å². The highest BCUT2D eigenvalue weighted by atomic mass is 35.5. The molecule has 3 unspecified atom stereocenters. The maximum absolute atomic E-state index is 15.0. The monoisotopic (exact) mass is 582 g/mol. The number of benzene rings is 1. The number of nitrogens with one attached hydrogen (secondary N) is 1. The number of amides is 2. The van der Waals surface area contributed by atoms with Crippen LogP contribution in [-0.2, 0) is 9.59 Å². The molecule has 3 atom stereocenters. The van der Waals surface area contributed by atoms with Crippen molar-refractivity contribution in [3.05, 3.63) is 65.6 Å². The Kier molecular flexibility index (Phi) is 11.2. The Labute approximate surface area is 245 Å². The summed E-state index contributed by atoms with van der Waals surface area (Å²) in [6.07, 6.45) is 8.91. The molecule has 0 radical (unpaired) electrons. The Balaban J connectivity index is 2.32. The van der Waals surface area contributed by atoms with Crippen LogP contribution in [0.2, 0.25) is 5.02 Å². The number of pyridine rings is 1. The van der Waals surface area contributed by atoms with Gasteiger partial charge in [-0.3, -0.25) is 24.5 Å². The van der Waals surface area contributed by atoms with E-state index in [4.69, 9.17) is 16.6 Å². The second kappa shape index (κ2) is 14.5. The number of hydrogen-bond donors (Lipinski definition) is 2. The third-order valence-corrected chi connectivity index (χ3v) is 7.27. The van der Waals surface area contributed by atoms with Crippen LogP contribution in [0, 0.1) is 17.7 Å². The quantitative estimate of drug-likeness (QED) is 0.152. The van der Waals surface area contributed by atoms with Crippen LogP contribution in [0.1, 0.15) is 32.8 Å². The number of aromatic nitrogens is 1. The maximum atomic E-state index is 15.0. The maximum Gasteiger partial charge on any atom is 0.215 e. The fraction of sp³-hybridized carbons (Fsp3) is 0.367. The number of phenols is 1. The van der Waals surface area contributed by atoms with Gasteiger partial charge in [-0.25, -0.2) is 9.37 Å². The number of anilines is 1. The molecule has 0 fully saturated rings. The average molecular weight is 583 g/mol. The van der Waals surface area contributed by atoms with E-state index in [1.54, 1.807) is 31.6 Å². The molecule has 1 aromatic heterocycles. The summed E-state index contributed by atoms with van der Waals surface area (Å²) in [6.45, 7) is 10.6. The summed E-state index contributed by atoms with van der Waals surface area (Å²) in [4.78, 5) is 40.9. The van der Waals surface area contributed by atoms with Crippen LogP contribution in [0.4, 0.5) is 10.2 Å². The number of carbonyl (C=O) groups excluding carboxylic acids is 2. The highest BCUT2D eigenvalue weighted by molar-refractivity contribution is 6.33. The minimum absolute atomic E-state index is 0.0221. The lowest BCUT2D eigenvalue weighted by atomic mass is 9.87. The second-order valence-electron chi connectivity index (χ2n) is 9.98. The number of carbonyl (C=O) groups is 2. The summed E-state index contributed by atoms with van der Waals surface area (Å²) in [5.41, 5.74) is 0.218. The smallest absolute Gasteiger partial charge is 0.215 e. The van der Waals surface area contributed by atoms with Gasteiger partial charge in [-0.15, -0.1) is 6.58 Å². The van der Waals surface area contributed by atoms with Crippen LogP contribution >= 0.6 is 11.6 Å². The summed E-state index contributed by atoms with van der Waals surface area (Å²) < 4.78 is 15.0. The number of amidine groups is 1. The number of hydrogen-bond acceptors (Lipinski definition) is 6. The van der Waals surface area contributed by atoms with Crippen LogP contribution in [0.3, 0.4) is 0 Å². The summed E-state index contributed by atoms with van der Waals surface area (Å²) in [5.74, 6) is -0.438. The first-order chi connectivity index (χ1) is 19.7. The number of aliphatic imine (C=N–C) groups is 2. The Morgan fingerprint density at radius 2 is 2.07 bits per heavy atom. The third-order valence-electron chi connectivity index (χ3n) is 6.98. The van der Waals surface area contributed by atoms with Crippen molar-refractivity contribution in [1.29, 1.82) is 0 Å². The first-order valence-corrected chi connectivity index (χ1v) is 13.7. The molecule has 3 rings (SSSR count). The van der Waals surface area contributed by atoms with Gasteiger partial charge >= 0.3 is 0 Å². The SMILES string of the molecule is C=CCCN(/C(=N/C)c1cc(Cl)c(-c2c(O)cccc2F)nc1N(C=O)C1C=CN=CC1C(C)C)C(C)CNC=O. The number of phenolic OH excluding ortho intramolecular Hbond substituents is 1. The van der Waals surface area contributed by atoms with Gasteiger partial charge in [-0.05, 0) is 43.5 Å². The number of nitrogens with zero attached hydrogens (tertiary/aromatic N) is 5. The number of halogens is 2. The molecule has 0 bridgehead atoms. The minimum Gasteiger partial charge on any atom is -0.507 e. The molecular weight excluding hydrogens is 547 g/mol. The molecule has 2 heterocycles. The van der Waals surface area contributed by atoms with Gasteiger partial charge < -0.3 is 15.3 Å². The van der Waals surface area contributed by atoms with Gasteiger partial charge in [0.1, 0.15) is 23.2 Å². The average Bonchev–Trinajstić information content (AvgIpc) is 2.95. The molecule has 0 saturated heterocycles. The van der Waals surface area contributed by atoms with E-state index in [0.29, 0.717) is 43.7 Å². The van der Waals surface area contributed by atoms with Crippen LogP contribution < -0.4 is 10.2 Å². The van der Waals surface area contributed by atoms with E-state index < -0.39 is 11.9 Å². The summed E-state index contributed by atoms with van der Waals surface area (Å²) in [5, 5.41) is 13.3. The van der Waals surface area contributed by atoms with Crippen molar-refractivity contribution in [3.63, 3.8) is 0 Å². The molecule has 2 amide bonds. The molecule has 0 saturated carbocycles.